The van der Waals surface area contributed by atoms with Crippen molar-refractivity contribution in [2.45, 2.75) is 58.4 Å². The Labute approximate surface area is 160 Å². The number of pyridine rings is 1. The Morgan fingerprint density at radius 3 is 2.19 bits per heavy atom. The number of hydrogen-bond donors (Lipinski definition) is 0. The third kappa shape index (κ3) is 7.03. The molecule has 0 atom stereocenters. The lowest BCUT2D eigenvalue weighted by atomic mass is 10.1. The number of aryl methyl sites for hydroxylation is 1. The van der Waals surface area contributed by atoms with Crippen molar-refractivity contribution in [3.63, 3.8) is 0 Å². The second-order valence-electron chi connectivity index (χ2n) is 7.26. The molecule has 26 heavy (non-hydrogen) atoms. The summed E-state index contributed by atoms with van der Waals surface area (Å²) in [5.74, 6) is 0. The van der Waals surface area contributed by atoms with Crippen molar-refractivity contribution in [3.05, 3.63) is 59.9 Å². The number of nitrogens with zero attached hydrogens (tertiary/aromatic N) is 2. The molecule has 1 heterocycles. The number of aromatic nitrogens is 1. The molecule has 2 nitrogen and oxygen atoms in total. The minimum Gasteiger partial charge on any atom is -0.378 e. The van der Waals surface area contributed by atoms with Gasteiger partial charge in [-0.3, -0.25) is 0 Å². The monoisotopic (exact) mass is 351 g/mol. The molecular formula is C24H35N2+. The first-order valence-corrected chi connectivity index (χ1v) is 10.1. The molecule has 0 bridgehead atoms. The molecule has 0 aliphatic heterocycles. The molecule has 0 saturated heterocycles. The molecule has 0 unspecified atom stereocenters. The van der Waals surface area contributed by atoms with Crippen molar-refractivity contribution in [2.75, 3.05) is 19.0 Å². The molecule has 140 valence electrons. The van der Waals surface area contributed by atoms with Crippen LogP contribution >= 0.6 is 0 Å². The van der Waals surface area contributed by atoms with E-state index in [0.29, 0.717) is 0 Å². The molecule has 0 fully saturated rings. The molecule has 0 N–H and O–H groups in total. The standard InChI is InChI=1S/C24H35N2/c1-4-5-6-7-8-9-11-20-26-21-12-10-13-24(26)19-16-22-14-17-23(18-15-22)25(2)3/h10,12-19,21H,4-9,11,20H2,1-3H3/q+1. The Morgan fingerprint density at radius 1 is 0.808 bits per heavy atom. The van der Waals surface area contributed by atoms with Gasteiger partial charge in [-0.25, -0.2) is 0 Å². The maximum atomic E-state index is 2.37. The Morgan fingerprint density at radius 2 is 1.50 bits per heavy atom. The Balaban J connectivity index is 1.87. The maximum Gasteiger partial charge on any atom is 0.205 e. The van der Waals surface area contributed by atoms with Crippen LogP contribution in [0.4, 0.5) is 5.69 Å². The van der Waals surface area contributed by atoms with Crippen LogP contribution in [0.5, 0.6) is 0 Å². The molecule has 0 aliphatic rings. The highest BCUT2D eigenvalue weighted by Crippen LogP contribution is 2.14. The summed E-state index contributed by atoms with van der Waals surface area (Å²) in [5, 5.41) is 0. The summed E-state index contributed by atoms with van der Waals surface area (Å²) in [7, 11) is 4.14. The first kappa shape index (κ1) is 20.2. The van der Waals surface area contributed by atoms with E-state index in [1.807, 2.05) is 0 Å². The average Bonchev–Trinajstić information content (AvgIpc) is 2.66. The van der Waals surface area contributed by atoms with Gasteiger partial charge in [0.05, 0.1) is 0 Å². The van der Waals surface area contributed by atoms with E-state index >= 15 is 0 Å². The van der Waals surface area contributed by atoms with Gasteiger partial charge < -0.3 is 4.90 Å². The lowest BCUT2D eigenvalue weighted by Crippen LogP contribution is -2.36. The predicted molar refractivity (Wildman–Crippen MR) is 114 cm³/mol. The van der Waals surface area contributed by atoms with Gasteiger partial charge in [0.1, 0.15) is 6.54 Å². The summed E-state index contributed by atoms with van der Waals surface area (Å²) < 4.78 is 2.37. The summed E-state index contributed by atoms with van der Waals surface area (Å²) in [5.41, 5.74) is 3.74. The van der Waals surface area contributed by atoms with Crippen LogP contribution in [0.2, 0.25) is 0 Å². The molecule has 2 rings (SSSR count). The van der Waals surface area contributed by atoms with Crippen molar-refractivity contribution >= 4 is 17.8 Å². The van der Waals surface area contributed by atoms with Crippen LogP contribution in [0.15, 0.2) is 48.7 Å². The van der Waals surface area contributed by atoms with E-state index in [9.17, 15) is 0 Å². The van der Waals surface area contributed by atoms with E-state index in [0.717, 1.165) is 6.54 Å². The van der Waals surface area contributed by atoms with E-state index in [1.54, 1.807) is 0 Å². The van der Waals surface area contributed by atoms with Crippen molar-refractivity contribution < 1.29 is 4.57 Å². The average molecular weight is 352 g/mol. The molecule has 2 heteroatoms. The van der Waals surface area contributed by atoms with Gasteiger partial charge >= 0.3 is 0 Å². The van der Waals surface area contributed by atoms with Crippen molar-refractivity contribution in [3.8, 4) is 0 Å². The van der Waals surface area contributed by atoms with E-state index in [2.05, 4.69) is 91.3 Å². The van der Waals surface area contributed by atoms with Crippen LogP contribution in [0.1, 0.15) is 63.1 Å². The van der Waals surface area contributed by atoms with Gasteiger partial charge in [0.15, 0.2) is 6.20 Å². The maximum absolute atomic E-state index is 2.37. The molecule has 1 aromatic heterocycles. The zero-order valence-electron chi connectivity index (χ0n) is 16.8. The fourth-order valence-electron chi connectivity index (χ4n) is 3.15. The molecule has 0 aliphatic carbocycles. The highest BCUT2D eigenvalue weighted by molar-refractivity contribution is 5.68. The van der Waals surface area contributed by atoms with Crippen LogP contribution in [-0.4, -0.2) is 14.1 Å². The highest BCUT2D eigenvalue weighted by Gasteiger charge is 2.06. The van der Waals surface area contributed by atoms with Gasteiger partial charge in [0, 0.05) is 44.4 Å². The van der Waals surface area contributed by atoms with Crippen LogP contribution in [0, 0.1) is 0 Å². The first-order chi connectivity index (χ1) is 12.7. The number of hydrogen-bond acceptors (Lipinski definition) is 1. The van der Waals surface area contributed by atoms with E-state index in [1.165, 1.54) is 61.9 Å². The highest BCUT2D eigenvalue weighted by atomic mass is 15.1. The smallest absolute Gasteiger partial charge is 0.205 e. The number of benzene rings is 1. The second kappa shape index (κ2) is 11.5. The number of rotatable bonds is 11. The van der Waals surface area contributed by atoms with E-state index in [4.69, 9.17) is 0 Å². The molecule has 2 aromatic rings. The fraction of sp³-hybridized carbons (Fsp3) is 0.458. The second-order valence-corrected chi connectivity index (χ2v) is 7.26. The summed E-state index contributed by atoms with van der Waals surface area (Å²) in [4.78, 5) is 2.13. The van der Waals surface area contributed by atoms with Gasteiger partial charge in [-0.1, -0.05) is 51.2 Å². The minimum atomic E-state index is 1.11. The summed E-state index contributed by atoms with van der Waals surface area (Å²) in [6.45, 7) is 3.38. The third-order valence-corrected chi connectivity index (χ3v) is 4.83. The molecule has 0 amide bonds. The summed E-state index contributed by atoms with van der Waals surface area (Å²) >= 11 is 0. The van der Waals surface area contributed by atoms with E-state index < -0.39 is 0 Å². The van der Waals surface area contributed by atoms with Crippen molar-refractivity contribution in [1.82, 2.24) is 0 Å². The summed E-state index contributed by atoms with van der Waals surface area (Å²) in [6, 6.07) is 15.1. The first-order valence-electron chi connectivity index (χ1n) is 10.1. The molecule has 0 radical (unpaired) electrons. The SMILES string of the molecule is CCCCCCCCC[n+]1ccccc1/C=C/c1ccc(N(C)C)cc1. The van der Waals surface area contributed by atoms with Crippen LogP contribution in [-0.2, 0) is 6.54 Å². The fourth-order valence-corrected chi connectivity index (χ4v) is 3.15. The Hall–Kier alpha value is -2.09. The lowest BCUT2D eigenvalue weighted by Gasteiger charge is -2.11. The van der Waals surface area contributed by atoms with Gasteiger partial charge in [0.25, 0.3) is 0 Å². The summed E-state index contributed by atoms with van der Waals surface area (Å²) in [6.07, 6.45) is 16.1. The molecule has 0 saturated carbocycles. The van der Waals surface area contributed by atoms with Crippen molar-refractivity contribution in [1.29, 1.82) is 0 Å². The minimum absolute atomic E-state index is 1.11. The molecule has 0 spiro atoms. The zero-order chi connectivity index (χ0) is 18.6. The van der Waals surface area contributed by atoms with Gasteiger partial charge in [0.2, 0.25) is 5.69 Å². The normalized spacial score (nSPS) is 11.2. The van der Waals surface area contributed by atoms with Crippen LogP contribution in [0.3, 0.4) is 0 Å². The Bertz CT molecular complexity index is 656. The van der Waals surface area contributed by atoms with Crippen molar-refractivity contribution in [2.24, 2.45) is 0 Å². The number of anilines is 1. The largest absolute Gasteiger partial charge is 0.378 e. The quantitative estimate of drug-likeness (QED) is 0.358. The van der Waals surface area contributed by atoms with Gasteiger partial charge in [-0.05, 0) is 36.3 Å². The van der Waals surface area contributed by atoms with Crippen LogP contribution < -0.4 is 9.47 Å². The van der Waals surface area contributed by atoms with Gasteiger partial charge in [-0.2, -0.15) is 4.57 Å². The topological polar surface area (TPSA) is 7.12 Å². The third-order valence-electron chi connectivity index (χ3n) is 4.83. The lowest BCUT2D eigenvalue weighted by molar-refractivity contribution is -0.699. The molecular weight excluding hydrogens is 316 g/mol. The number of unbranched alkanes of at least 4 members (excludes halogenated alkanes) is 6. The van der Waals surface area contributed by atoms with Crippen LogP contribution in [0.25, 0.3) is 12.2 Å². The predicted octanol–water partition coefficient (Wildman–Crippen LogP) is 5.96. The zero-order valence-corrected chi connectivity index (χ0v) is 16.8. The van der Waals surface area contributed by atoms with E-state index in [-0.39, 0.29) is 0 Å². The Kier molecular flexibility index (Phi) is 8.95. The van der Waals surface area contributed by atoms with Gasteiger partial charge in [-0.15, -0.1) is 0 Å². The molecule has 1 aromatic carbocycles.